The molecule has 2 fully saturated rings. The molecule has 27 heavy (non-hydrogen) atoms. The van der Waals surface area contributed by atoms with Crippen LogP contribution < -0.4 is 0 Å². The third kappa shape index (κ3) is 4.20. The summed E-state index contributed by atoms with van der Waals surface area (Å²) in [5, 5.41) is 22.7. The number of hydrogen-bond acceptors (Lipinski definition) is 6. The number of ether oxygens (including phenoxy) is 1. The van der Waals surface area contributed by atoms with Crippen molar-refractivity contribution in [3.05, 3.63) is 41.7 Å². The van der Waals surface area contributed by atoms with E-state index in [1.165, 1.54) is 5.56 Å². The summed E-state index contributed by atoms with van der Waals surface area (Å²) in [4.78, 5) is 2.39. The molecule has 1 unspecified atom stereocenters. The van der Waals surface area contributed by atoms with E-state index in [0.717, 1.165) is 70.9 Å². The topological polar surface area (TPSA) is 76.3 Å². The third-order valence-electron chi connectivity index (χ3n) is 6.09. The average molecular weight is 371 g/mol. The second-order valence-electron chi connectivity index (χ2n) is 7.95. The van der Waals surface area contributed by atoms with Crippen molar-refractivity contribution in [3.63, 3.8) is 0 Å². The van der Waals surface area contributed by atoms with Crippen LogP contribution in [0.1, 0.15) is 37.1 Å². The highest BCUT2D eigenvalue weighted by atomic mass is 16.5. The van der Waals surface area contributed by atoms with Crippen LogP contribution in [0.25, 0.3) is 0 Å². The molecule has 146 valence electrons. The Labute approximate surface area is 160 Å². The molecule has 0 spiro atoms. The summed E-state index contributed by atoms with van der Waals surface area (Å²) in [6, 6.07) is 10.4. The largest absolute Gasteiger partial charge is 0.395 e. The SMILES string of the molecule is OCC1(c2ccccc2)CCCN(Cc2nnnn2CC2CCOCC2)C1. The molecule has 0 saturated carbocycles. The van der Waals surface area contributed by atoms with Crippen LogP contribution in [0.2, 0.25) is 0 Å². The highest BCUT2D eigenvalue weighted by Crippen LogP contribution is 2.34. The van der Waals surface area contributed by atoms with Gasteiger partial charge in [0.2, 0.25) is 0 Å². The molecule has 1 aromatic carbocycles. The number of aromatic nitrogens is 4. The van der Waals surface area contributed by atoms with Gasteiger partial charge in [0, 0.05) is 31.7 Å². The Balaban J connectivity index is 1.44. The minimum atomic E-state index is -0.196. The zero-order chi connectivity index (χ0) is 18.5. The fraction of sp³-hybridized carbons (Fsp3) is 0.650. The van der Waals surface area contributed by atoms with E-state index in [-0.39, 0.29) is 12.0 Å². The predicted octanol–water partition coefficient (Wildman–Crippen LogP) is 1.63. The molecule has 0 amide bonds. The first-order valence-electron chi connectivity index (χ1n) is 10.0. The fourth-order valence-corrected chi connectivity index (χ4v) is 4.46. The van der Waals surface area contributed by atoms with E-state index >= 15 is 0 Å². The quantitative estimate of drug-likeness (QED) is 0.832. The summed E-state index contributed by atoms with van der Waals surface area (Å²) >= 11 is 0. The van der Waals surface area contributed by atoms with Crippen LogP contribution in [0.4, 0.5) is 0 Å². The Morgan fingerprint density at radius 1 is 1.19 bits per heavy atom. The van der Waals surface area contributed by atoms with Crippen molar-refractivity contribution in [2.75, 3.05) is 32.9 Å². The molecular formula is C20H29N5O2. The number of benzene rings is 1. The molecule has 1 atom stereocenters. The minimum Gasteiger partial charge on any atom is -0.395 e. The molecule has 7 heteroatoms. The third-order valence-corrected chi connectivity index (χ3v) is 6.09. The second-order valence-corrected chi connectivity index (χ2v) is 7.95. The van der Waals surface area contributed by atoms with Gasteiger partial charge in [-0.15, -0.1) is 5.10 Å². The Kier molecular flexibility index (Phi) is 5.80. The van der Waals surface area contributed by atoms with Gasteiger partial charge < -0.3 is 9.84 Å². The van der Waals surface area contributed by atoms with Crippen molar-refractivity contribution in [1.82, 2.24) is 25.1 Å². The summed E-state index contributed by atoms with van der Waals surface area (Å²) < 4.78 is 7.42. The Morgan fingerprint density at radius 2 is 2.00 bits per heavy atom. The van der Waals surface area contributed by atoms with Gasteiger partial charge in [-0.3, -0.25) is 4.90 Å². The van der Waals surface area contributed by atoms with Crippen molar-refractivity contribution >= 4 is 0 Å². The van der Waals surface area contributed by atoms with E-state index in [4.69, 9.17) is 4.74 Å². The van der Waals surface area contributed by atoms with Gasteiger partial charge in [-0.05, 0) is 54.1 Å². The summed E-state index contributed by atoms with van der Waals surface area (Å²) in [6.07, 6.45) is 4.23. The highest BCUT2D eigenvalue weighted by molar-refractivity contribution is 5.27. The lowest BCUT2D eigenvalue weighted by Gasteiger charge is -2.42. The van der Waals surface area contributed by atoms with E-state index in [9.17, 15) is 5.11 Å². The molecule has 0 aliphatic carbocycles. The molecule has 3 heterocycles. The van der Waals surface area contributed by atoms with Crippen LogP contribution in [0.15, 0.2) is 30.3 Å². The molecule has 4 rings (SSSR count). The van der Waals surface area contributed by atoms with Crippen LogP contribution in [0.5, 0.6) is 0 Å². The molecule has 2 saturated heterocycles. The van der Waals surface area contributed by atoms with Gasteiger partial charge in [-0.1, -0.05) is 30.3 Å². The van der Waals surface area contributed by atoms with Crippen LogP contribution in [0.3, 0.4) is 0 Å². The van der Waals surface area contributed by atoms with Gasteiger partial charge >= 0.3 is 0 Å². The maximum Gasteiger partial charge on any atom is 0.165 e. The van der Waals surface area contributed by atoms with E-state index < -0.39 is 0 Å². The molecule has 0 bridgehead atoms. The number of hydrogen-bond donors (Lipinski definition) is 1. The van der Waals surface area contributed by atoms with Crippen LogP contribution in [-0.2, 0) is 23.2 Å². The van der Waals surface area contributed by atoms with Crippen molar-refractivity contribution in [2.45, 2.75) is 44.2 Å². The monoisotopic (exact) mass is 371 g/mol. The average Bonchev–Trinajstić information content (AvgIpc) is 3.16. The van der Waals surface area contributed by atoms with Gasteiger partial charge in [0.25, 0.3) is 0 Å². The second kappa shape index (κ2) is 8.46. The van der Waals surface area contributed by atoms with Crippen LogP contribution in [0, 0.1) is 5.92 Å². The number of aliphatic hydroxyl groups excluding tert-OH is 1. The fourth-order valence-electron chi connectivity index (χ4n) is 4.46. The first-order chi connectivity index (χ1) is 13.3. The summed E-state index contributed by atoms with van der Waals surface area (Å²) in [5.74, 6) is 1.51. The van der Waals surface area contributed by atoms with Crippen molar-refractivity contribution in [1.29, 1.82) is 0 Å². The first kappa shape index (κ1) is 18.5. The lowest BCUT2D eigenvalue weighted by atomic mass is 9.75. The van der Waals surface area contributed by atoms with Crippen molar-refractivity contribution in [2.24, 2.45) is 5.92 Å². The molecule has 2 aliphatic rings. The molecule has 0 radical (unpaired) electrons. The maximum absolute atomic E-state index is 10.2. The van der Waals surface area contributed by atoms with Gasteiger partial charge in [-0.25, -0.2) is 4.68 Å². The highest BCUT2D eigenvalue weighted by Gasteiger charge is 2.37. The Morgan fingerprint density at radius 3 is 2.78 bits per heavy atom. The lowest BCUT2D eigenvalue weighted by Crippen LogP contribution is -2.48. The lowest BCUT2D eigenvalue weighted by molar-refractivity contribution is 0.0584. The van der Waals surface area contributed by atoms with Crippen molar-refractivity contribution < 1.29 is 9.84 Å². The number of piperidine rings is 1. The normalized spacial score (nSPS) is 24.9. The number of nitrogens with zero attached hydrogens (tertiary/aromatic N) is 5. The van der Waals surface area contributed by atoms with Gasteiger partial charge in [0.15, 0.2) is 5.82 Å². The van der Waals surface area contributed by atoms with Crippen LogP contribution >= 0.6 is 0 Å². The number of likely N-dealkylation sites (tertiary alicyclic amines) is 1. The number of rotatable bonds is 6. The standard InChI is InChI=1S/C20H29N5O2/c26-16-20(18-5-2-1-3-6-18)9-4-10-24(15-20)14-19-21-22-23-25(19)13-17-7-11-27-12-8-17/h1-3,5-6,17,26H,4,7-16H2. The summed E-state index contributed by atoms with van der Waals surface area (Å²) in [6.45, 7) is 5.28. The smallest absolute Gasteiger partial charge is 0.165 e. The molecule has 7 nitrogen and oxygen atoms in total. The molecule has 2 aliphatic heterocycles. The van der Waals surface area contributed by atoms with Gasteiger partial charge in [0.05, 0.1) is 13.2 Å². The predicted molar refractivity (Wildman–Crippen MR) is 101 cm³/mol. The Hall–Kier alpha value is -1.83. The molecular weight excluding hydrogens is 342 g/mol. The number of tetrazole rings is 1. The Bertz CT molecular complexity index is 716. The minimum absolute atomic E-state index is 0.167. The maximum atomic E-state index is 10.2. The molecule has 1 N–H and O–H groups in total. The zero-order valence-corrected chi connectivity index (χ0v) is 15.8. The van der Waals surface area contributed by atoms with E-state index in [1.807, 2.05) is 10.7 Å². The van der Waals surface area contributed by atoms with Gasteiger partial charge in [-0.2, -0.15) is 0 Å². The first-order valence-corrected chi connectivity index (χ1v) is 10.0. The summed E-state index contributed by atoms with van der Waals surface area (Å²) in [5.41, 5.74) is 1.03. The zero-order valence-electron chi connectivity index (χ0n) is 15.8. The van der Waals surface area contributed by atoms with Crippen LogP contribution in [-0.4, -0.2) is 63.1 Å². The summed E-state index contributed by atoms with van der Waals surface area (Å²) in [7, 11) is 0. The molecule has 1 aromatic heterocycles. The van der Waals surface area contributed by atoms with E-state index in [2.05, 4.69) is 44.7 Å². The number of aliphatic hydroxyl groups is 1. The van der Waals surface area contributed by atoms with E-state index in [0.29, 0.717) is 5.92 Å². The van der Waals surface area contributed by atoms with E-state index in [1.54, 1.807) is 0 Å². The molecule has 2 aromatic rings. The van der Waals surface area contributed by atoms with Gasteiger partial charge in [0.1, 0.15) is 0 Å². The van der Waals surface area contributed by atoms with Crippen molar-refractivity contribution in [3.8, 4) is 0 Å².